The molecule has 8 nitrogen and oxygen atoms in total. The van der Waals surface area contributed by atoms with E-state index in [1.807, 2.05) is 0 Å². The number of nitrogens with two attached hydrogens (primary N) is 1. The smallest absolute Gasteiger partial charge is 0.267 e. The molecule has 1 saturated carbocycles. The number of nitrogens with one attached hydrogen (secondary N) is 1. The third kappa shape index (κ3) is 5.73. The topological polar surface area (TPSA) is 144 Å². The Kier molecular flexibility index (Phi) is 5.53. The fraction of sp³-hybridized carbons (Fsp3) is 0.900. The molecule has 2 unspecified atom stereocenters. The molecular formula is C10H20N2O6S2. The lowest BCUT2D eigenvalue weighted by Gasteiger charge is -2.16. The molecular weight excluding hydrogens is 308 g/mol. The van der Waals surface area contributed by atoms with E-state index in [0.717, 1.165) is 6.26 Å². The standard InChI is InChI=1S/C10H20N2O6S2/c1-19(14,15)5-4-9(11)10(13)12-7-2-3-8(6-7)20(16,17)18/h7-9H,2-6,11H2,1H3,(H,12,13)(H,16,17,18)/t7?,8?,9-/m0/s1. The monoisotopic (exact) mass is 328 g/mol. The minimum Gasteiger partial charge on any atom is -0.352 e. The van der Waals surface area contributed by atoms with E-state index in [9.17, 15) is 21.6 Å². The van der Waals surface area contributed by atoms with E-state index in [1.54, 1.807) is 0 Å². The van der Waals surface area contributed by atoms with Crippen LogP contribution in [0.25, 0.3) is 0 Å². The summed E-state index contributed by atoms with van der Waals surface area (Å²) in [6, 6.07) is -1.31. The first-order valence-corrected chi connectivity index (χ1v) is 9.75. The van der Waals surface area contributed by atoms with Crippen LogP contribution in [0.2, 0.25) is 0 Å². The maximum absolute atomic E-state index is 11.7. The molecule has 1 amide bonds. The van der Waals surface area contributed by atoms with Gasteiger partial charge in [-0.3, -0.25) is 9.35 Å². The Labute approximate surface area is 118 Å². The summed E-state index contributed by atoms with van der Waals surface area (Å²) in [6.45, 7) is 0. The summed E-state index contributed by atoms with van der Waals surface area (Å²) >= 11 is 0. The summed E-state index contributed by atoms with van der Waals surface area (Å²) in [4.78, 5) is 11.7. The molecule has 10 heteroatoms. The van der Waals surface area contributed by atoms with Crippen LogP contribution in [-0.2, 0) is 24.7 Å². The van der Waals surface area contributed by atoms with Crippen molar-refractivity contribution in [2.75, 3.05) is 12.0 Å². The highest BCUT2D eigenvalue weighted by molar-refractivity contribution is 7.90. The third-order valence-corrected chi connectivity index (χ3v) is 5.54. The minimum atomic E-state index is -4.08. The van der Waals surface area contributed by atoms with Gasteiger partial charge in [-0.15, -0.1) is 0 Å². The number of hydrogen-bond acceptors (Lipinski definition) is 6. The molecule has 0 aliphatic heterocycles. The number of carbonyl (C=O) groups is 1. The van der Waals surface area contributed by atoms with Crippen LogP contribution in [0.15, 0.2) is 0 Å². The Hall–Kier alpha value is -0.710. The van der Waals surface area contributed by atoms with Gasteiger partial charge >= 0.3 is 0 Å². The van der Waals surface area contributed by atoms with E-state index in [2.05, 4.69) is 5.32 Å². The van der Waals surface area contributed by atoms with E-state index in [1.165, 1.54) is 0 Å². The lowest BCUT2D eigenvalue weighted by atomic mass is 10.2. The van der Waals surface area contributed by atoms with Gasteiger partial charge in [0.25, 0.3) is 10.1 Å². The zero-order chi connectivity index (χ0) is 15.6. The number of hydrogen-bond donors (Lipinski definition) is 3. The van der Waals surface area contributed by atoms with E-state index in [-0.39, 0.29) is 31.1 Å². The normalized spacial score (nSPS) is 25.4. The third-order valence-electron chi connectivity index (χ3n) is 3.29. The van der Waals surface area contributed by atoms with Crippen LogP contribution in [-0.4, -0.2) is 56.6 Å². The van der Waals surface area contributed by atoms with Crippen LogP contribution in [0.5, 0.6) is 0 Å². The van der Waals surface area contributed by atoms with Gasteiger partial charge in [-0.05, 0) is 25.7 Å². The summed E-state index contributed by atoms with van der Waals surface area (Å²) in [5.74, 6) is -0.686. The average Bonchev–Trinajstić information content (AvgIpc) is 2.72. The molecule has 3 atom stereocenters. The lowest BCUT2D eigenvalue weighted by Crippen LogP contribution is -2.45. The summed E-state index contributed by atoms with van der Waals surface area (Å²) in [6.07, 6.45) is 1.94. The highest BCUT2D eigenvalue weighted by atomic mass is 32.2. The van der Waals surface area contributed by atoms with Gasteiger partial charge in [-0.2, -0.15) is 8.42 Å². The van der Waals surface area contributed by atoms with E-state index in [0.29, 0.717) is 6.42 Å². The van der Waals surface area contributed by atoms with Crippen molar-refractivity contribution in [2.24, 2.45) is 5.73 Å². The molecule has 0 bridgehead atoms. The van der Waals surface area contributed by atoms with Gasteiger partial charge in [-0.1, -0.05) is 0 Å². The SMILES string of the molecule is CS(=O)(=O)CC[C@H](N)C(=O)NC1CCC(S(=O)(=O)O)C1. The average molecular weight is 328 g/mol. The zero-order valence-corrected chi connectivity index (χ0v) is 12.8. The Balaban J connectivity index is 2.44. The van der Waals surface area contributed by atoms with Crippen molar-refractivity contribution in [1.82, 2.24) is 5.32 Å². The Morgan fingerprint density at radius 3 is 2.40 bits per heavy atom. The van der Waals surface area contributed by atoms with Gasteiger partial charge in [-0.25, -0.2) is 8.42 Å². The first-order valence-electron chi connectivity index (χ1n) is 6.19. The molecule has 0 saturated heterocycles. The molecule has 0 aromatic carbocycles. The van der Waals surface area contributed by atoms with Crippen LogP contribution in [0, 0.1) is 0 Å². The number of amides is 1. The Morgan fingerprint density at radius 2 is 1.95 bits per heavy atom. The van der Waals surface area contributed by atoms with Crippen LogP contribution in [0.3, 0.4) is 0 Å². The van der Waals surface area contributed by atoms with Gasteiger partial charge in [0.05, 0.1) is 17.0 Å². The fourth-order valence-corrected chi connectivity index (χ4v) is 3.71. The van der Waals surface area contributed by atoms with Gasteiger partial charge in [0.1, 0.15) is 9.84 Å². The van der Waals surface area contributed by atoms with Crippen LogP contribution in [0.4, 0.5) is 0 Å². The molecule has 1 fully saturated rings. The number of sulfone groups is 1. The van der Waals surface area contributed by atoms with Crippen molar-refractivity contribution in [3.05, 3.63) is 0 Å². The van der Waals surface area contributed by atoms with E-state index < -0.39 is 37.2 Å². The molecule has 118 valence electrons. The molecule has 20 heavy (non-hydrogen) atoms. The molecule has 0 spiro atoms. The number of carbonyl (C=O) groups excluding carboxylic acids is 1. The summed E-state index contributed by atoms with van der Waals surface area (Å²) in [7, 11) is -7.26. The van der Waals surface area contributed by atoms with Gasteiger partial charge in [0.15, 0.2) is 0 Å². The van der Waals surface area contributed by atoms with E-state index >= 15 is 0 Å². The predicted molar refractivity (Wildman–Crippen MR) is 73.4 cm³/mol. The first kappa shape index (κ1) is 17.3. The molecule has 1 rings (SSSR count). The minimum absolute atomic E-state index is 0.0130. The quantitative estimate of drug-likeness (QED) is 0.513. The number of rotatable bonds is 6. The second-order valence-corrected chi connectivity index (χ2v) is 9.14. The maximum Gasteiger partial charge on any atom is 0.267 e. The van der Waals surface area contributed by atoms with Crippen LogP contribution < -0.4 is 11.1 Å². The maximum atomic E-state index is 11.7. The predicted octanol–water partition coefficient (Wildman–Crippen LogP) is -1.33. The lowest BCUT2D eigenvalue weighted by molar-refractivity contribution is -0.123. The van der Waals surface area contributed by atoms with Crippen molar-refractivity contribution in [3.63, 3.8) is 0 Å². The molecule has 1 aliphatic rings. The first-order chi connectivity index (χ1) is 8.99. The van der Waals surface area contributed by atoms with Gasteiger partial charge < -0.3 is 11.1 Å². The molecule has 0 aromatic rings. The van der Waals surface area contributed by atoms with Crippen molar-refractivity contribution in [2.45, 2.75) is 43.0 Å². The van der Waals surface area contributed by atoms with Crippen molar-refractivity contribution >= 4 is 25.9 Å². The summed E-state index contributed by atoms with van der Waals surface area (Å²) in [5, 5.41) is 1.72. The Morgan fingerprint density at radius 1 is 1.35 bits per heavy atom. The zero-order valence-electron chi connectivity index (χ0n) is 11.1. The molecule has 0 heterocycles. The van der Waals surface area contributed by atoms with Crippen molar-refractivity contribution < 1.29 is 26.2 Å². The van der Waals surface area contributed by atoms with Crippen LogP contribution >= 0.6 is 0 Å². The summed E-state index contributed by atoms with van der Waals surface area (Å²) < 4.78 is 52.8. The van der Waals surface area contributed by atoms with Crippen molar-refractivity contribution in [1.29, 1.82) is 0 Å². The Bertz CT molecular complexity index is 556. The van der Waals surface area contributed by atoms with Gasteiger partial charge in [0, 0.05) is 12.3 Å². The largest absolute Gasteiger partial charge is 0.352 e. The second kappa shape index (κ2) is 6.37. The molecule has 4 N–H and O–H groups in total. The van der Waals surface area contributed by atoms with Crippen molar-refractivity contribution in [3.8, 4) is 0 Å². The second-order valence-electron chi connectivity index (χ2n) is 5.18. The molecule has 0 aromatic heterocycles. The van der Waals surface area contributed by atoms with E-state index in [4.69, 9.17) is 10.3 Å². The molecule has 0 radical (unpaired) electrons. The highest BCUT2D eigenvalue weighted by Gasteiger charge is 2.34. The van der Waals surface area contributed by atoms with Gasteiger partial charge in [0.2, 0.25) is 5.91 Å². The van der Waals surface area contributed by atoms with Crippen LogP contribution in [0.1, 0.15) is 25.7 Å². The highest BCUT2D eigenvalue weighted by Crippen LogP contribution is 2.24. The molecule has 1 aliphatic carbocycles. The fourth-order valence-electron chi connectivity index (χ4n) is 2.12. The summed E-state index contributed by atoms with van der Waals surface area (Å²) in [5.41, 5.74) is 5.58.